The maximum atomic E-state index is 6.04. The van der Waals surface area contributed by atoms with Crippen LogP contribution < -0.4 is 4.74 Å². The van der Waals surface area contributed by atoms with Crippen LogP contribution in [0.1, 0.15) is 39.3 Å². The van der Waals surface area contributed by atoms with Gasteiger partial charge >= 0.3 is 0 Å². The van der Waals surface area contributed by atoms with Crippen molar-refractivity contribution < 1.29 is 4.74 Å². The van der Waals surface area contributed by atoms with Crippen molar-refractivity contribution in [1.29, 1.82) is 0 Å². The lowest BCUT2D eigenvalue weighted by molar-refractivity contribution is 0.219. The Kier molecular flexibility index (Phi) is 6.85. The molecule has 0 saturated carbocycles. The number of unbranched alkanes of at least 4 members (excludes halogenated alkanes) is 1. The first-order valence-electron chi connectivity index (χ1n) is 8.80. The number of likely N-dealkylation sites (N-methyl/N-ethyl adjacent to an activating group) is 1. The first-order chi connectivity index (χ1) is 11.1. The van der Waals surface area contributed by atoms with E-state index < -0.39 is 0 Å². The van der Waals surface area contributed by atoms with Crippen molar-refractivity contribution in [3.05, 3.63) is 36.0 Å². The number of rotatable bonds is 9. The quantitative estimate of drug-likeness (QED) is 0.679. The van der Waals surface area contributed by atoms with E-state index in [-0.39, 0.29) is 0 Å². The Bertz CT molecular complexity index is 610. The van der Waals surface area contributed by atoms with Crippen LogP contribution in [0.15, 0.2) is 30.3 Å². The Morgan fingerprint density at radius 2 is 2.00 bits per heavy atom. The minimum absolute atomic E-state index is 0.677. The minimum atomic E-state index is 0.677. The van der Waals surface area contributed by atoms with E-state index in [0.29, 0.717) is 12.5 Å². The Hall–Kier alpha value is -1.61. The van der Waals surface area contributed by atoms with Crippen LogP contribution in [0.4, 0.5) is 0 Å². The van der Waals surface area contributed by atoms with Crippen molar-refractivity contribution in [1.82, 2.24) is 9.88 Å². The zero-order valence-corrected chi connectivity index (χ0v) is 15.0. The molecule has 0 saturated heterocycles. The molecule has 0 aliphatic rings. The van der Waals surface area contributed by atoms with Crippen molar-refractivity contribution in [2.45, 2.75) is 40.0 Å². The number of aromatic nitrogens is 1. The molecule has 0 amide bonds. The molecule has 0 atom stereocenters. The summed E-state index contributed by atoms with van der Waals surface area (Å²) in [5.41, 5.74) is 1.14. The zero-order valence-electron chi connectivity index (χ0n) is 15.0. The number of fused-ring (bicyclic) bond motifs is 1. The van der Waals surface area contributed by atoms with Crippen molar-refractivity contribution in [2.75, 3.05) is 26.7 Å². The third-order valence-electron chi connectivity index (χ3n) is 3.93. The molecule has 0 spiro atoms. The summed E-state index contributed by atoms with van der Waals surface area (Å²) in [6.07, 6.45) is 3.37. The number of ether oxygens (including phenoxy) is 1. The summed E-state index contributed by atoms with van der Waals surface area (Å²) in [4.78, 5) is 7.07. The predicted octanol–water partition coefficient (Wildman–Crippen LogP) is 4.54. The molecule has 0 aliphatic heterocycles. The van der Waals surface area contributed by atoms with Crippen molar-refractivity contribution in [2.24, 2.45) is 5.92 Å². The van der Waals surface area contributed by atoms with Gasteiger partial charge in [0.2, 0.25) is 5.88 Å². The highest BCUT2D eigenvalue weighted by Gasteiger charge is 2.08. The minimum Gasteiger partial charge on any atom is -0.476 e. The third-order valence-corrected chi connectivity index (χ3v) is 3.93. The fourth-order valence-electron chi connectivity index (χ4n) is 2.83. The second-order valence-corrected chi connectivity index (χ2v) is 6.75. The zero-order chi connectivity index (χ0) is 16.7. The van der Waals surface area contributed by atoms with E-state index in [1.54, 1.807) is 0 Å². The van der Waals surface area contributed by atoms with E-state index >= 15 is 0 Å². The van der Waals surface area contributed by atoms with E-state index in [4.69, 9.17) is 9.72 Å². The molecule has 3 nitrogen and oxygen atoms in total. The van der Waals surface area contributed by atoms with Crippen LogP contribution in [0.2, 0.25) is 0 Å². The molecular weight excluding hydrogens is 284 g/mol. The predicted molar refractivity (Wildman–Crippen MR) is 98.2 cm³/mol. The number of pyridine rings is 1. The molecule has 0 fully saturated rings. The van der Waals surface area contributed by atoms with Gasteiger partial charge in [0, 0.05) is 24.2 Å². The van der Waals surface area contributed by atoms with Crippen LogP contribution in [0.25, 0.3) is 10.8 Å². The fourth-order valence-corrected chi connectivity index (χ4v) is 2.83. The Balaban J connectivity index is 2.08. The average molecular weight is 314 g/mol. The number of hydrogen-bond donors (Lipinski definition) is 0. The van der Waals surface area contributed by atoms with Crippen LogP contribution >= 0.6 is 0 Å². The highest BCUT2D eigenvalue weighted by Crippen LogP contribution is 2.25. The van der Waals surface area contributed by atoms with Gasteiger partial charge in [-0.05, 0) is 43.3 Å². The van der Waals surface area contributed by atoms with Gasteiger partial charge in [0.15, 0.2) is 0 Å². The van der Waals surface area contributed by atoms with Crippen LogP contribution in [-0.2, 0) is 6.42 Å². The van der Waals surface area contributed by atoms with Gasteiger partial charge in [-0.3, -0.25) is 0 Å². The molecule has 126 valence electrons. The monoisotopic (exact) mass is 314 g/mol. The van der Waals surface area contributed by atoms with Gasteiger partial charge in [-0.2, -0.15) is 0 Å². The van der Waals surface area contributed by atoms with Crippen LogP contribution in [-0.4, -0.2) is 36.6 Å². The van der Waals surface area contributed by atoms with Crippen LogP contribution in [0, 0.1) is 5.92 Å². The van der Waals surface area contributed by atoms with Crippen LogP contribution in [0.3, 0.4) is 0 Å². The Morgan fingerprint density at radius 3 is 2.74 bits per heavy atom. The first kappa shape index (κ1) is 17.7. The summed E-state index contributed by atoms with van der Waals surface area (Å²) in [7, 11) is 2.15. The Morgan fingerprint density at radius 1 is 1.22 bits per heavy atom. The second-order valence-electron chi connectivity index (χ2n) is 6.75. The molecule has 3 heteroatoms. The van der Waals surface area contributed by atoms with E-state index in [0.717, 1.165) is 36.5 Å². The van der Waals surface area contributed by atoms with Crippen molar-refractivity contribution >= 4 is 10.8 Å². The van der Waals surface area contributed by atoms with Crippen molar-refractivity contribution in [3.63, 3.8) is 0 Å². The summed E-state index contributed by atoms with van der Waals surface area (Å²) >= 11 is 0. The molecule has 0 N–H and O–H groups in total. The van der Waals surface area contributed by atoms with E-state index in [1.807, 2.05) is 6.07 Å². The van der Waals surface area contributed by atoms with Gasteiger partial charge in [-0.15, -0.1) is 0 Å². The maximum absolute atomic E-state index is 6.04. The van der Waals surface area contributed by atoms with Gasteiger partial charge in [0.1, 0.15) is 6.61 Å². The summed E-state index contributed by atoms with van der Waals surface area (Å²) in [6, 6.07) is 10.6. The number of hydrogen-bond acceptors (Lipinski definition) is 3. The molecule has 23 heavy (non-hydrogen) atoms. The van der Waals surface area contributed by atoms with E-state index in [1.165, 1.54) is 18.2 Å². The molecule has 1 aromatic carbocycles. The molecule has 0 radical (unpaired) electrons. The number of nitrogens with zero attached hydrogens (tertiary/aromatic N) is 2. The summed E-state index contributed by atoms with van der Waals surface area (Å²) < 4.78 is 6.04. The lowest BCUT2D eigenvalue weighted by Crippen LogP contribution is -2.28. The fraction of sp³-hybridized carbons (Fsp3) is 0.550. The summed E-state index contributed by atoms with van der Waals surface area (Å²) in [6.45, 7) is 9.38. The molecule has 0 bridgehead atoms. The van der Waals surface area contributed by atoms with Gasteiger partial charge in [-0.1, -0.05) is 45.4 Å². The van der Waals surface area contributed by atoms with Gasteiger partial charge in [-0.25, -0.2) is 4.98 Å². The average Bonchev–Trinajstić information content (AvgIpc) is 2.52. The highest BCUT2D eigenvalue weighted by molar-refractivity contribution is 5.87. The number of benzene rings is 1. The van der Waals surface area contributed by atoms with Gasteiger partial charge in [0.05, 0.1) is 0 Å². The van der Waals surface area contributed by atoms with Gasteiger partial charge < -0.3 is 9.64 Å². The standard InChI is InChI=1S/C20H30N2O/c1-5-6-10-18-14-17-9-7-8-11-19(17)20(21-18)23-13-12-22(4)15-16(2)3/h7-9,11,14,16H,5-6,10,12-13,15H2,1-4H3. The van der Waals surface area contributed by atoms with E-state index in [2.05, 4.69) is 57.0 Å². The molecule has 1 aromatic heterocycles. The number of aryl methyl sites for hydroxylation is 1. The normalized spacial score (nSPS) is 11.6. The lowest BCUT2D eigenvalue weighted by Gasteiger charge is -2.19. The molecule has 2 aromatic rings. The third kappa shape index (κ3) is 5.51. The smallest absolute Gasteiger partial charge is 0.221 e. The maximum Gasteiger partial charge on any atom is 0.221 e. The molecule has 0 unspecified atom stereocenters. The molecule has 1 heterocycles. The van der Waals surface area contributed by atoms with Crippen LogP contribution in [0.5, 0.6) is 5.88 Å². The lowest BCUT2D eigenvalue weighted by atomic mass is 10.1. The molecular formula is C20H30N2O. The largest absolute Gasteiger partial charge is 0.476 e. The topological polar surface area (TPSA) is 25.4 Å². The summed E-state index contributed by atoms with van der Waals surface area (Å²) in [5, 5.41) is 2.33. The first-order valence-corrected chi connectivity index (χ1v) is 8.80. The van der Waals surface area contributed by atoms with Crippen molar-refractivity contribution in [3.8, 4) is 5.88 Å². The SMILES string of the molecule is CCCCc1cc2ccccc2c(OCCN(C)CC(C)C)n1. The summed E-state index contributed by atoms with van der Waals surface area (Å²) in [5.74, 6) is 1.46. The Labute approximate surface area is 140 Å². The molecule has 0 aliphatic carbocycles. The van der Waals surface area contributed by atoms with Gasteiger partial charge in [0.25, 0.3) is 0 Å². The van der Waals surface area contributed by atoms with E-state index in [9.17, 15) is 0 Å². The second kappa shape index (κ2) is 8.88. The highest BCUT2D eigenvalue weighted by atomic mass is 16.5. The molecule has 2 rings (SSSR count).